The molecule has 1 aliphatic heterocycles. The zero-order valence-corrected chi connectivity index (χ0v) is 14.9. The third kappa shape index (κ3) is 4.05. The van der Waals surface area contributed by atoms with Crippen molar-refractivity contribution in [2.45, 2.75) is 75.1 Å². The van der Waals surface area contributed by atoms with Crippen LogP contribution in [-0.4, -0.2) is 28.2 Å². The van der Waals surface area contributed by atoms with E-state index in [1.54, 1.807) is 0 Å². The van der Waals surface area contributed by atoms with E-state index in [1.165, 1.54) is 68.6 Å². The predicted molar refractivity (Wildman–Crippen MR) is 95.4 cm³/mol. The highest BCUT2D eigenvalue weighted by Gasteiger charge is 2.29. The van der Waals surface area contributed by atoms with Gasteiger partial charge in [0.25, 0.3) is 0 Å². The topological polar surface area (TPSA) is 16.1 Å². The Morgan fingerprint density at radius 3 is 2.77 bits per heavy atom. The highest BCUT2D eigenvalue weighted by Crippen LogP contribution is 2.40. The van der Waals surface area contributed by atoms with Gasteiger partial charge in [0.2, 0.25) is 0 Å². The number of hydrogen-bond donors (Lipinski definition) is 0. The normalized spacial score (nSPS) is 24.2. The van der Waals surface area contributed by atoms with Crippen LogP contribution in [0.3, 0.4) is 0 Å². The fraction of sp³-hybridized carbons (Fsp3) is 0.737. The molecule has 122 valence electrons. The highest BCUT2D eigenvalue weighted by molar-refractivity contribution is 7.99. The lowest BCUT2D eigenvalue weighted by atomic mass is 10.0. The van der Waals surface area contributed by atoms with Gasteiger partial charge in [-0.2, -0.15) is 0 Å². The molecule has 3 heteroatoms. The van der Waals surface area contributed by atoms with E-state index in [9.17, 15) is 0 Å². The maximum atomic E-state index is 4.77. The Balaban J connectivity index is 1.75. The Bertz CT molecular complexity index is 468. The molecule has 2 fully saturated rings. The molecule has 1 aliphatic carbocycles. The minimum atomic E-state index is 0.599. The van der Waals surface area contributed by atoms with Crippen molar-refractivity contribution in [3.63, 3.8) is 0 Å². The second kappa shape index (κ2) is 7.83. The average molecular weight is 319 g/mol. The Hall–Kier alpha value is -0.540. The van der Waals surface area contributed by atoms with Crippen molar-refractivity contribution in [1.82, 2.24) is 9.88 Å². The second-order valence-corrected chi connectivity index (χ2v) is 8.61. The molecule has 0 unspecified atom stereocenters. The molecule has 1 saturated carbocycles. The SMILES string of the molecule is CC(C)CN1CCC[C@@H]1c1cccnc1SC1CCCCC1. The van der Waals surface area contributed by atoms with E-state index in [0.717, 1.165) is 11.2 Å². The van der Waals surface area contributed by atoms with Crippen molar-refractivity contribution < 1.29 is 0 Å². The number of hydrogen-bond acceptors (Lipinski definition) is 3. The number of pyridine rings is 1. The zero-order valence-electron chi connectivity index (χ0n) is 14.1. The minimum Gasteiger partial charge on any atom is -0.296 e. The van der Waals surface area contributed by atoms with Gasteiger partial charge in [-0.3, -0.25) is 4.90 Å². The van der Waals surface area contributed by atoms with Crippen LogP contribution in [0.15, 0.2) is 23.4 Å². The summed E-state index contributed by atoms with van der Waals surface area (Å²) in [6, 6.07) is 5.07. The maximum Gasteiger partial charge on any atom is 0.101 e. The van der Waals surface area contributed by atoms with Crippen molar-refractivity contribution in [3.8, 4) is 0 Å². The van der Waals surface area contributed by atoms with Crippen molar-refractivity contribution >= 4 is 11.8 Å². The second-order valence-electron chi connectivity index (χ2n) is 7.32. The summed E-state index contributed by atoms with van der Waals surface area (Å²) in [7, 11) is 0. The predicted octanol–water partition coefficient (Wildman–Crippen LogP) is 5.30. The van der Waals surface area contributed by atoms with Crippen LogP contribution in [-0.2, 0) is 0 Å². The first-order valence-corrected chi connectivity index (χ1v) is 9.97. The van der Waals surface area contributed by atoms with Crippen LogP contribution in [0.25, 0.3) is 0 Å². The molecule has 0 amide bonds. The summed E-state index contributed by atoms with van der Waals surface area (Å²) in [4.78, 5) is 7.45. The van der Waals surface area contributed by atoms with Gasteiger partial charge in [0, 0.05) is 29.6 Å². The van der Waals surface area contributed by atoms with E-state index < -0.39 is 0 Å². The third-order valence-corrected chi connectivity index (χ3v) is 6.32. The minimum absolute atomic E-state index is 0.599. The molecular formula is C19H30N2S. The first kappa shape index (κ1) is 16.3. The Morgan fingerprint density at radius 2 is 2.00 bits per heavy atom. The summed E-state index contributed by atoms with van der Waals surface area (Å²) in [6.45, 7) is 7.13. The third-order valence-electron chi connectivity index (χ3n) is 4.95. The van der Waals surface area contributed by atoms with Crippen molar-refractivity contribution in [2.75, 3.05) is 13.1 Å². The van der Waals surface area contributed by atoms with Gasteiger partial charge in [0.05, 0.1) is 0 Å². The molecule has 2 heterocycles. The van der Waals surface area contributed by atoms with Crippen LogP contribution in [0.5, 0.6) is 0 Å². The zero-order chi connectivity index (χ0) is 15.4. The molecule has 1 aromatic heterocycles. The summed E-state index contributed by atoms with van der Waals surface area (Å²) in [6.07, 6.45) is 11.6. The fourth-order valence-corrected chi connectivity index (χ4v) is 5.31. The van der Waals surface area contributed by atoms with Crippen molar-refractivity contribution in [1.29, 1.82) is 0 Å². The number of nitrogens with zero attached hydrogens (tertiary/aromatic N) is 2. The summed E-state index contributed by atoms with van der Waals surface area (Å²) < 4.78 is 0. The van der Waals surface area contributed by atoms with Crippen molar-refractivity contribution in [2.24, 2.45) is 5.92 Å². The standard InChI is InChI=1S/C19H30N2S/c1-15(2)14-21-13-7-11-18(21)17-10-6-12-20-19(17)22-16-8-4-3-5-9-16/h6,10,12,15-16,18H,3-5,7-9,11,13-14H2,1-2H3/t18-/m1/s1. The van der Waals surface area contributed by atoms with E-state index in [1.807, 2.05) is 6.20 Å². The average Bonchev–Trinajstić information content (AvgIpc) is 2.96. The molecular weight excluding hydrogens is 288 g/mol. The Kier molecular flexibility index (Phi) is 5.81. The molecule has 0 radical (unpaired) electrons. The smallest absolute Gasteiger partial charge is 0.101 e. The van der Waals surface area contributed by atoms with Gasteiger partial charge in [-0.25, -0.2) is 4.98 Å². The van der Waals surface area contributed by atoms with Gasteiger partial charge in [0.1, 0.15) is 5.03 Å². The van der Waals surface area contributed by atoms with E-state index in [2.05, 4.69) is 42.6 Å². The van der Waals surface area contributed by atoms with E-state index in [-0.39, 0.29) is 0 Å². The molecule has 1 saturated heterocycles. The fourth-order valence-electron chi connectivity index (χ4n) is 3.96. The summed E-state index contributed by atoms with van der Waals surface area (Å²) in [5.41, 5.74) is 1.50. The number of thioether (sulfide) groups is 1. The van der Waals surface area contributed by atoms with E-state index >= 15 is 0 Å². The summed E-state index contributed by atoms with van der Waals surface area (Å²) in [5.74, 6) is 0.742. The van der Waals surface area contributed by atoms with Gasteiger partial charge < -0.3 is 0 Å². The Labute approximate surface area is 140 Å². The molecule has 1 aromatic rings. The van der Waals surface area contributed by atoms with Gasteiger partial charge in [-0.05, 0) is 44.2 Å². The van der Waals surface area contributed by atoms with Crippen LogP contribution < -0.4 is 0 Å². The van der Waals surface area contributed by atoms with Gasteiger partial charge in [0.15, 0.2) is 0 Å². The van der Waals surface area contributed by atoms with Crippen LogP contribution >= 0.6 is 11.8 Å². The van der Waals surface area contributed by atoms with Crippen LogP contribution in [0.2, 0.25) is 0 Å². The van der Waals surface area contributed by atoms with Gasteiger partial charge >= 0.3 is 0 Å². The summed E-state index contributed by atoms with van der Waals surface area (Å²) >= 11 is 2.06. The van der Waals surface area contributed by atoms with Crippen LogP contribution in [0.4, 0.5) is 0 Å². The molecule has 2 aliphatic rings. The highest BCUT2D eigenvalue weighted by atomic mass is 32.2. The quantitative estimate of drug-likeness (QED) is 0.733. The lowest BCUT2D eigenvalue weighted by Crippen LogP contribution is -2.28. The molecule has 0 aromatic carbocycles. The molecule has 0 N–H and O–H groups in total. The van der Waals surface area contributed by atoms with Crippen LogP contribution in [0.1, 0.15) is 70.4 Å². The largest absolute Gasteiger partial charge is 0.296 e. The van der Waals surface area contributed by atoms with E-state index in [0.29, 0.717) is 6.04 Å². The number of likely N-dealkylation sites (tertiary alicyclic amines) is 1. The molecule has 2 nitrogen and oxygen atoms in total. The molecule has 1 atom stereocenters. The molecule has 0 spiro atoms. The first-order valence-electron chi connectivity index (χ1n) is 9.09. The lowest BCUT2D eigenvalue weighted by Gasteiger charge is -2.28. The number of rotatable bonds is 5. The lowest BCUT2D eigenvalue weighted by molar-refractivity contribution is 0.226. The maximum absolute atomic E-state index is 4.77. The summed E-state index contributed by atoms with van der Waals surface area (Å²) in [5, 5.41) is 2.11. The van der Waals surface area contributed by atoms with Crippen molar-refractivity contribution in [3.05, 3.63) is 23.9 Å². The number of aromatic nitrogens is 1. The molecule has 22 heavy (non-hydrogen) atoms. The molecule has 0 bridgehead atoms. The van der Waals surface area contributed by atoms with E-state index in [4.69, 9.17) is 4.98 Å². The Morgan fingerprint density at radius 1 is 1.18 bits per heavy atom. The van der Waals surface area contributed by atoms with Gasteiger partial charge in [-0.15, -0.1) is 11.8 Å². The first-order chi connectivity index (χ1) is 10.7. The molecule has 3 rings (SSSR count). The van der Waals surface area contributed by atoms with Crippen LogP contribution in [0, 0.1) is 5.92 Å². The monoisotopic (exact) mass is 318 g/mol. The van der Waals surface area contributed by atoms with Gasteiger partial charge in [-0.1, -0.05) is 39.2 Å².